The van der Waals surface area contributed by atoms with Gasteiger partial charge in [0.15, 0.2) is 0 Å². The van der Waals surface area contributed by atoms with E-state index in [0.29, 0.717) is 39.9 Å². The highest BCUT2D eigenvalue weighted by atomic mass is 35.5. The molecule has 2 aromatic carbocycles. The number of hydrogen-bond acceptors (Lipinski definition) is 6. The van der Waals surface area contributed by atoms with Crippen molar-refractivity contribution in [1.82, 2.24) is 14.9 Å². The number of likely N-dealkylation sites (N-methyl/N-ethyl adjacent to an activating group) is 1. The number of halogens is 2. The summed E-state index contributed by atoms with van der Waals surface area (Å²) < 4.78 is 13.7. The van der Waals surface area contributed by atoms with Gasteiger partial charge in [0, 0.05) is 43.3 Å². The van der Waals surface area contributed by atoms with Crippen molar-refractivity contribution in [2.45, 2.75) is 13.0 Å². The molecule has 0 radical (unpaired) electrons. The van der Waals surface area contributed by atoms with Gasteiger partial charge in [-0.15, -0.1) is 0 Å². The van der Waals surface area contributed by atoms with E-state index in [1.54, 1.807) is 20.3 Å². The molecule has 7 nitrogen and oxygen atoms in total. The van der Waals surface area contributed by atoms with Gasteiger partial charge in [0.05, 0.1) is 40.4 Å². The van der Waals surface area contributed by atoms with Gasteiger partial charge in [-0.2, -0.15) is 5.26 Å². The molecule has 0 aliphatic rings. The number of rotatable bonds is 7. The first-order valence-corrected chi connectivity index (χ1v) is 11.1. The van der Waals surface area contributed by atoms with Crippen LogP contribution in [0.15, 0.2) is 60.9 Å². The lowest BCUT2D eigenvalue weighted by Gasteiger charge is -2.17. The monoisotopic (exact) mass is 488 g/mol. The molecule has 0 unspecified atom stereocenters. The van der Waals surface area contributed by atoms with Crippen molar-refractivity contribution in [3.63, 3.8) is 0 Å². The molecule has 4 rings (SSSR count). The van der Waals surface area contributed by atoms with Crippen molar-refractivity contribution in [3.05, 3.63) is 88.6 Å². The minimum Gasteiger partial charge on any atom is -0.379 e. The second kappa shape index (κ2) is 10.4. The number of nitrogens with one attached hydrogen (secondary N) is 2. The predicted octanol–water partition coefficient (Wildman–Crippen LogP) is 5.28. The van der Waals surface area contributed by atoms with Crippen LogP contribution in [0.25, 0.3) is 10.9 Å². The van der Waals surface area contributed by atoms with E-state index in [-0.39, 0.29) is 17.4 Å². The van der Waals surface area contributed by atoms with Gasteiger partial charge in [0.25, 0.3) is 0 Å². The zero-order chi connectivity index (χ0) is 24.9. The van der Waals surface area contributed by atoms with Gasteiger partial charge in [-0.25, -0.2) is 4.39 Å². The molecular weight excluding hydrogens is 467 g/mol. The van der Waals surface area contributed by atoms with Crippen molar-refractivity contribution in [2.24, 2.45) is 0 Å². The summed E-state index contributed by atoms with van der Waals surface area (Å²) in [5, 5.41) is 16.9. The first-order valence-electron chi connectivity index (χ1n) is 10.8. The lowest BCUT2D eigenvalue weighted by atomic mass is 10.0. The van der Waals surface area contributed by atoms with Crippen molar-refractivity contribution < 1.29 is 9.18 Å². The Hall–Kier alpha value is -4.22. The van der Waals surface area contributed by atoms with E-state index < -0.39 is 5.82 Å². The Kier molecular flexibility index (Phi) is 7.09. The zero-order valence-corrected chi connectivity index (χ0v) is 19.9. The number of nitrogens with zero attached hydrogens (tertiary/aromatic N) is 4. The molecule has 0 atom stereocenters. The summed E-state index contributed by atoms with van der Waals surface area (Å²) in [6, 6.07) is 15.8. The van der Waals surface area contributed by atoms with E-state index >= 15 is 0 Å². The first kappa shape index (κ1) is 23.9. The summed E-state index contributed by atoms with van der Waals surface area (Å²) in [4.78, 5) is 22.9. The van der Waals surface area contributed by atoms with Crippen LogP contribution in [0.5, 0.6) is 0 Å². The largest absolute Gasteiger partial charge is 0.379 e. The van der Waals surface area contributed by atoms with Crippen molar-refractivity contribution in [2.75, 3.05) is 24.7 Å². The first-order chi connectivity index (χ1) is 16.9. The third kappa shape index (κ3) is 5.48. The minimum atomic E-state index is -0.539. The lowest BCUT2D eigenvalue weighted by molar-refractivity contribution is -0.127. The van der Waals surface area contributed by atoms with Crippen LogP contribution < -0.4 is 10.6 Å². The minimum absolute atomic E-state index is 0.0399. The Morgan fingerprint density at radius 3 is 2.66 bits per heavy atom. The molecule has 0 fully saturated rings. The molecule has 1 amide bonds. The third-order valence-electron chi connectivity index (χ3n) is 5.40. The summed E-state index contributed by atoms with van der Waals surface area (Å²) in [6.07, 6.45) is 3.31. The maximum atomic E-state index is 13.7. The maximum absolute atomic E-state index is 13.7. The van der Waals surface area contributed by atoms with Gasteiger partial charge in [0.1, 0.15) is 11.9 Å². The Morgan fingerprint density at radius 2 is 1.97 bits per heavy atom. The predicted molar refractivity (Wildman–Crippen MR) is 135 cm³/mol. The van der Waals surface area contributed by atoms with Crippen LogP contribution in [-0.4, -0.2) is 34.9 Å². The fourth-order valence-corrected chi connectivity index (χ4v) is 3.75. The summed E-state index contributed by atoms with van der Waals surface area (Å²) in [5.74, 6) is -0.623. The highest BCUT2D eigenvalue weighted by molar-refractivity contribution is 6.31. The molecule has 0 bridgehead atoms. The number of pyridine rings is 2. The number of anilines is 3. The topological polar surface area (TPSA) is 93.9 Å². The van der Waals surface area contributed by atoms with Gasteiger partial charge in [-0.3, -0.25) is 14.8 Å². The maximum Gasteiger partial charge on any atom is 0.226 e. The average molecular weight is 489 g/mol. The highest BCUT2D eigenvalue weighted by Crippen LogP contribution is 2.34. The fraction of sp³-hybridized carbons (Fsp3) is 0.154. The normalized spacial score (nSPS) is 10.6. The third-order valence-corrected chi connectivity index (χ3v) is 5.69. The Bertz CT molecular complexity index is 1440. The number of fused-ring (bicyclic) bond motifs is 1. The Balaban J connectivity index is 1.83. The molecule has 176 valence electrons. The number of nitriles is 1. The van der Waals surface area contributed by atoms with E-state index in [0.717, 1.165) is 11.4 Å². The zero-order valence-electron chi connectivity index (χ0n) is 19.1. The van der Waals surface area contributed by atoms with Crippen LogP contribution in [0.1, 0.15) is 16.8 Å². The standard InChI is InChI=1S/C26H22ClFN6O/c1-34(2)24(35)10-16-9-20(31-15-19-5-3-4-8-30-19)11-21-25(16)32-14-17(13-29)26(21)33-18-6-7-23(28)22(27)12-18/h3-9,11-12,14,31H,10,15H2,1-2H3,(H,32,33). The number of aromatic nitrogens is 2. The van der Waals surface area contributed by atoms with Gasteiger partial charge < -0.3 is 15.5 Å². The van der Waals surface area contributed by atoms with Crippen LogP contribution in [0.3, 0.4) is 0 Å². The van der Waals surface area contributed by atoms with E-state index in [4.69, 9.17) is 11.6 Å². The van der Waals surface area contributed by atoms with Gasteiger partial charge in [-0.05, 0) is 48.0 Å². The molecule has 0 saturated carbocycles. The summed E-state index contributed by atoms with van der Waals surface area (Å²) >= 11 is 5.96. The molecule has 0 spiro atoms. The van der Waals surface area contributed by atoms with E-state index in [1.807, 2.05) is 30.3 Å². The lowest BCUT2D eigenvalue weighted by Crippen LogP contribution is -2.23. The molecule has 4 aromatic rings. The molecule has 2 N–H and O–H groups in total. The highest BCUT2D eigenvalue weighted by Gasteiger charge is 2.17. The van der Waals surface area contributed by atoms with Gasteiger partial charge in [-0.1, -0.05) is 17.7 Å². The average Bonchev–Trinajstić information content (AvgIpc) is 2.85. The fourth-order valence-electron chi connectivity index (χ4n) is 3.57. The molecule has 2 aromatic heterocycles. The number of amides is 1. The van der Waals surface area contributed by atoms with Crippen LogP contribution in [0, 0.1) is 17.1 Å². The second-order valence-corrected chi connectivity index (χ2v) is 8.49. The van der Waals surface area contributed by atoms with Gasteiger partial charge >= 0.3 is 0 Å². The quantitative estimate of drug-likeness (QED) is 0.367. The van der Waals surface area contributed by atoms with Crippen molar-refractivity contribution in [3.8, 4) is 6.07 Å². The molecular formula is C26H22ClFN6O. The Labute approximate surface area is 207 Å². The summed E-state index contributed by atoms with van der Waals surface area (Å²) in [5.41, 5.74) is 4.17. The number of carbonyl (C=O) groups excluding carboxylic acids is 1. The van der Waals surface area contributed by atoms with Crippen molar-refractivity contribution >= 4 is 45.5 Å². The second-order valence-electron chi connectivity index (χ2n) is 8.08. The molecule has 0 saturated heterocycles. The molecule has 2 heterocycles. The van der Waals surface area contributed by atoms with Crippen LogP contribution >= 0.6 is 11.6 Å². The molecule has 35 heavy (non-hydrogen) atoms. The smallest absolute Gasteiger partial charge is 0.226 e. The Morgan fingerprint density at radius 1 is 1.14 bits per heavy atom. The summed E-state index contributed by atoms with van der Waals surface area (Å²) in [7, 11) is 3.39. The number of hydrogen-bond donors (Lipinski definition) is 2. The van der Waals surface area contributed by atoms with Crippen molar-refractivity contribution in [1.29, 1.82) is 5.26 Å². The van der Waals surface area contributed by atoms with Crippen LogP contribution in [0.2, 0.25) is 5.02 Å². The van der Waals surface area contributed by atoms with E-state index in [2.05, 4.69) is 26.7 Å². The molecule has 0 aliphatic heterocycles. The van der Waals surface area contributed by atoms with Crippen LogP contribution in [0.4, 0.5) is 21.5 Å². The number of benzene rings is 2. The van der Waals surface area contributed by atoms with Gasteiger partial charge in [0.2, 0.25) is 5.91 Å². The molecule has 9 heteroatoms. The van der Waals surface area contributed by atoms with Crippen LogP contribution in [-0.2, 0) is 17.8 Å². The SMILES string of the molecule is CN(C)C(=O)Cc1cc(NCc2ccccn2)cc2c(Nc3ccc(F)c(Cl)c3)c(C#N)cnc12. The molecule has 0 aliphatic carbocycles. The van der Waals surface area contributed by atoms with E-state index in [9.17, 15) is 14.4 Å². The summed E-state index contributed by atoms with van der Waals surface area (Å²) in [6.45, 7) is 0.467. The van der Waals surface area contributed by atoms with E-state index in [1.165, 1.54) is 29.3 Å². The number of carbonyl (C=O) groups is 1.